The molecule has 5 aromatic rings. The zero-order valence-electron chi connectivity index (χ0n) is 27.8. The number of benzene rings is 5. The summed E-state index contributed by atoms with van der Waals surface area (Å²) in [5.41, 5.74) is 13.1. The molecule has 0 fully saturated rings. The first kappa shape index (κ1) is 32.5. The van der Waals surface area contributed by atoms with Gasteiger partial charge >= 0.3 is 0 Å². The Hall–Kier alpha value is -4.90. The van der Waals surface area contributed by atoms with Crippen LogP contribution in [-0.4, -0.2) is 25.5 Å². The molecule has 0 aliphatic heterocycles. The van der Waals surface area contributed by atoms with Gasteiger partial charge in [-0.05, 0) is 116 Å². The molecule has 0 aliphatic rings. The van der Waals surface area contributed by atoms with E-state index in [9.17, 15) is 25.5 Å². The van der Waals surface area contributed by atoms with Gasteiger partial charge in [-0.25, -0.2) is 0 Å². The Morgan fingerprint density at radius 2 is 0.739 bits per heavy atom. The standard InChI is InChI=1S/C41H44O5/c1-22-8-10-37(42)31(12-22)20-35-27(6)29(16-25(4)39(35)44)18-33-14-24(3)15-34(41(33)46)19-30-17-26(5)40(45)36(28(30)7)21-32-13-23(2)9-11-38(32)43/h8-17,42-46H,18-21H2,1-7H3. The fourth-order valence-electron chi connectivity index (χ4n) is 6.60. The highest BCUT2D eigenvalue weighted by Crippen LogP contribution is 2.38. The van der Waals surface area contributed by atoms with Gasteiger partial charge in [0.2, 0.25) is 0 Å². The molecule has 5 nitrogen and oxygen atoms in total. The molecule has 0 amide bonds. The normalized spacial score (nSPS) is 11.3. The number of hydrogen-bond donors (Lipinski definition) is 5. The lowest BCUT2D eigenvalue weighted by Crippen LogP contribution is -2.04. The SMILES string of the molecule is Cc1ccc(O)c(Cc2c(C)c(Cc3cc(C)cc(Cc4cc(C)c(O)c(Cc5cc(C)ccc5O)c4C)c3O)cc(C)c2O)c1. The van der Waals surface area contributed by atoms with Crippen LogP contribution in [0.2, 0.25) is 0 Å². The quantitative estimate of drug-likeness (QED) is 0.120. The van der Waals surface area contributed by atoms with E-state index in [4.69, 9.17) is 0 Å². The highest BCUT2D eigenvalue weighted by atomic mass is 16.3. The predicted octanol–water partition coefficient (Wildman–Crippen LogP) is 8.74. The minimum atomic E-state index is 0.201. The number of rotatable bonds is 8. The maximum absolute atomic E-state index is 11.6. The summed E-state index contributed by atoms with van der Waals surface area (Å²) in [6.45, 7) is 13.7. The predicted molar refractivity (Wildman–Crippen MR) is 185 cm³/mol. The Morgan fingerprint density at radius 1 is 0.370 bits per heavy atom. The van der Waals surface area contributed by atoms with Crippen molar-refractivity contribution in [1.82, 2.24) is 0 Å². The second-order valence-corrected chi connectivity index (χ2v) is 13.0. The summed E-state index contributed by atoms with van der Waals surface area (Å²) < 4.78 is 0. The fraction of sp³-hybridized carbons (Fsp3) is 0.268. The summed E-state index contributed by atoms with van der Waals surface area (Å²) in [7, 11) is 0. The van der Waals surface area contributed by atoms with E-state index >= 15 is 0 Å². The van der Waals surface area contributed by atoms with E-state index in [-0.39, 0.29) is 28.7 Å². The van der Waals surface area contributed by atoms with Crippen LogP contribution in [0.5, 0.6) is 28.7 Å². The molecule has 0 aromatic heterocycles. The van der Waals surface area contributed by atoms with Gasteiger partial charge in [-0.15, -0.1) is 0 Å². The number of aromatic hydroxyl groups is 5. The highest BCUT2D eigenvalue weighted by Gasteiger charge is 2.20. The van der Waals surface area contributed by atoms with E-state index in [1.165, 1.54) is 0 Å². The van der Waals surface area contributed by atoms with Crippen molar-refractivity contribution in [2.24, 2.45) is 0 Å². The monoisotopic (exact) mass is 616 g/mol. The molecule has 5 N–H and O–H groups in total. The minimum Gasteiger partial charge on any atom is -0.508 e. The zero-order valence-corrected chi connectivity index (χ0v) is 27.8. The molecular formula is C41H44O5. The second-order valence-electron chi connectivity index (χ2n) is 13.0. The van der Waals surface area contributed by atoms with Crippen molar-refractivity contribution in [1.29, 1.82) is 0 Å². The molecule has 0 spiro atoms. The van der Waals surface area contributed by atoms with E-state index in [0.29, 0.717) is 25.7 Å². The third kappa shape index (κ3) is 6.55. The molecule has 0 saturated heterocycles. The molecule has 0 heterocycles. The van der Waals surface area contributed by atoms with Gasteiger partial charge in [0.1, 0.15) is 28.7 Å². The average Bonchev–Trinajstić information content (AvgIpc) is 3.00. The van der Waals surface area contributed by atoms with Crippen molar-refractivity contribution in [3.05, 3.63) is 144 Å². The van der Waals surface area contributed by atoms with Gasteiger partial charge in [0.05, 0.1) is 0 Å². The van der Waals surface area contributed by atoms with Crippen molar-refractivity contribution in [2.45, 2.75) is 74.1 Å². The number of phenols is 5. The van der Waals surface area contributed by atoms with Crippen LogP contribution in [0.15, 0.2) is 60.7 Å². The van der Waals surface area contributed by atoms with Crippen molar-refractivity contribution in [2.75, 3.05) is 0 Å². The molecule has 0 radical (unpaired) electrons. The van der Waals surface area contributed by atoms with E-state index in [1.54, 1.807) is 12.1 Å². The lowest BCUT2D eigenvalue weighted by Gasteiger charge is -2.20. The Kier molecular flexibility index (Phi) is 9.07. The van der Waals surface area contributed by atoms with Gasteiger partial charge < -0.3 is 25.5 Å². The summed E-state index contributed by atoms with van der Waals surface area (Å²) in [5.74, 6) is 1.09. The van der Waals surface area contributed by atoms with E-state index in [1.807, 2.05) is 97.0 Å². The topological polar surface area (TPSA) is 101 Å². The third-order valence-corrected chi connectivity index (χ3v) is 9.35. The van der Waals surface area contributed by atoms with Gasteiger partial charge in [0, 0.05) is 36.8 Å². The Balaban J connectivity index is 1.50. The van der Waals surface area contributed by atoms with Gasteiger partial charge in [-0.1, -0.05) is 65.2 Å². The van der Waals surface area contributed by atoms with Crippen molar-refractivity contribution in [3.63, 3.8) is 0 Å². The van der Waals surface area contributed by atoms with Crippen LogP contribution < -0.4 is 0 Å². The second kappa shape index (κ2) is 12.8. The van der Waals surface area contributed by atoms with E-state index in [0.717, 1.165) is 83.5 Å². The van der Waals surface area contributed by atoms with E-state index in [2.05, 4.69) is 0 Å². The summed E-state index contributed by atoms with van der Waals surface area (Å²) in [6.07, 6.45) is 1.75. The molecule has 0 saturated carbocycles. The smallest absolute Gasteiger partial charge is 0.122 e. The first-order valence-corrected chi connectivity index (χ1v) is 15.7. The Bertz CT molecular complexity index is 1830. The molecule has 5 heteroatoms. The third-order valence-electron chi connectivity index (χ3n) is 9.35. The van der Waals surface area contributed by atoms with Crippen LogP contribution in [-0.2, 0) is 25.7 Å². The molecule has 5 aromatic carbocycles. The minimum absolute atomic E-state index is 0.201. The number of aryl methyl sites for hydroxylation is 5. The van der Waals surface area contributed by atoms with E-state index < -0.39 is 0 Å². The summed E-state index contributed by atoms with van der Waals surface area (Å²) in [4.78, 5) is 0. The van der Waals surface area contributed by atoms with Crippen molar-refractivity contribution >= 4 is 0 Å². The van der Waals surface area contributed by atoms with Crippen LogP contribution in [0.3, 0.4) is 0 Å². The lowest BCUT2D eigenvalue weighted by molar-refractivity contribution is 0.458. The van der Waals surface area contributed by atoms with Gasteiger partial charge in [-0.2, -0.15) is 0 Å². The van der Waals surface area contributed by atoms with Gasteiger partial charge in [-0.3, -0.25) is 0 Å². The average molecular weight is 617 g/mol. The largest absolute Gasteiger partial charge is 0.508 e. The first-order chi connectivity index (χ1) is 21.7. The summed E-state index contributed by atoms with van der Waals surface area (Å²) in [6, 6.07) is 19.0. The summed E-state index contributed by atoms with van der Waals surface area (Å²) >= 11 is 0. The summed E-state index contributed by atoms with van der Waals surface area (Å²) in [5, 5.41) is 54.7. The van der Waals surface area contributed by atoms with Gasteiger partial charge in [0.15, 0.2) is 0 Å². The van der Waals surface area contributed by atoms with Crippen molar-refractivity contribution in [3.8, 4) is 28.7 Å². The molecular weight excluding hydrogens is 572 g/mol. The van der Waals surface area contributed by atoms with Crippen LogP contribution >= 0.6 is 0 Å². The van der Waals surface area contributed by atoms with Crippen LogP contribution in [0.1, 0.15) is 83.5 Å². The molecule has 0 atom stereocenters. The highest BCUT2D eigenvalue weighted by molar-refractivity contribution is 5.57. The fourth-order valence-corrected chi connectivity index (χ4v) is 6.60. The molecule has 46 heavy (non-hydrogen) atoms. The van der Waals surface area contributed by atoms with Gasteiger partial charge in [0.25, 0.3) is 0 Å². The van der Waals surface area contributed by atoms with Crippen LogP contribution in [0, 0.1) is 48.5 Å². The number of phenolic OH excluding ortho intramolecular Hbond substituents is 5. The zero-order chi connectivity index (χ0) is 33.4. The maximum Gasteiger partial charge on any atom is 0.122 e. The molecule has 0 aliphatic carbocycles. The molecule has 0 unspecified atom stereocenters. The first-order valence-electron chi connectivity index (χ1n) is 15.7. The maximum atomic E-state index is 11.6. The van der Waals surface area contributed by atoms with Crippen molar-refractivity contribution < 1.29 is 25.5 Å². The van der Waals surface area contributed by atoms with Crippen LogP contribution in [0.25, 0.3) is 0 Å². The Morgan fingerprint density at radius 3 is 1.13 bits per heavy atom. The number of hydrogen-bond acceptors (Lipinski definition) is 5. The molecule has 0 bridgehead atoms. The Labute approximate surface area is 272 Å². The lowest BCUT2D eigenvalue weighted by atomic mass is 9.87. The molecule has 238 valence electrons. The van der Waals surface area contributed by atoms with Crippen LogP contribution in [0.4, 0.5) is 0 Å². The molecule has 5 rings (SSSR count).